The predicted octanol–water partition coefficient (Wildman–Crippen LogP) is 2.98. The van der Waals surface area contributed by atoms with Gasteiger partial charge in [-0.05, 0) is 61.4 Å². The SMILES string of the molecule is Cc1cc(C)cc(NS(=O)(=O)c2ccc(C#N)cc2)c1. The molecule has 0 aromatic heterocycles. The molecular weight excluding hydrogens is 272 g/mol. The molecule has 0 amide bonds. The summed E-state index contributed by atoms with van der Waals surface area (Å²) in [5, 5.41) is 8.71. The molecule has 0 spiro atoms. The van der Waals surface area contributed by atoms with Crippen LogP contribution in [-0.2, 0) is 10.0 Å². The van der Waals surface area contributed by atoms with Crippen molar-refractivity contribution in [1.29, 1.82) is 5.26 Å². The minimum atomic E-state index is -3.63. The number of sulfonamides is 1. The molecule has 102 valence electrons. The van der Waals surface area contributed by atoms with Gasteiger partial charge in [-0.1, -0.05) is 6.07 Å². The number of hydrogen-bond acceptors (Lipinski definition) is 3. The normalized spacial score (nSPS) is 10.8. The molecule has 4 nitrogen and oxygen atoms in total. The van der Waals surface area contributed by atoms with Crippen LogP contribution in [0, 0.1) is 25.2 Å². The maximum Gasteiger partial charge on any atom is 0.261 e. The first-order chi connectivity index (χ1) is 9.40. The second kappa shape index (κ2) is 5.35. The summed E-state index contributed by atoms with van der Waals surface area (Å²) in [6, 6.07) is 13.3. The van der Waals surface area contributed by atoms with E-state index in [0.717, 1.165) is 11.1 Å². The van der Waals surface area contributed by atoms with Gasteiger partial charge in [0.1, 0.15) is 0 Å². The van der Waals surface area contributed by atoms with Gasteiger partial charge in [0.05, 0.1) is 16.5 Å². The highest BCUT2D eigenvalue weighted by Gasteiger charge is 2.14. The number of rotatable bonds is 3. The zero-order valence-corrected chi connectivity index (χ0v) is 12.0. The third-order valence-electron chi connectivity index (χ3n) is 2.77. The lowest BCUT2D eigenvalue weighted by Gasteiger charge is -2.09. The predicted molar refractivity (Wildman–Crippen MR) is 77.9 cm³/mol. The molecule has 0 aliphatic rings. The first kappa shape index (κ1) is 14.1. The lowest BCUT2D eigenvalue weighted by Crippen LogP contribution is -2.13. The zero-order chi connectivity index (χ0) is 14.8. The van der Waals surface area contributed by atoms with Crippen LogP contribution >= 0.6 is 0 Å². The number of nitrogens with one attached hydrogen (secondary N) is 1. The van der Waals surface area contributed by atoms with Crippen molar-refractivity contribution in [2.45, 2.75) is 18.7 Å². The van der Waals surface area contributed by atoms with Gasteiger partial charge in [0.2, 0.25) is 0 Å². The van der Waals surface area contributed by atoms with E-state index >= 15 is 0 Å². The van der Waals surface area contributed by atoms with Crippen LogP contribution in [0.3, 0.4) is 0 Å². The average Bonchev–Trinajstić information content (AvgIpc) is 2.37. The Kier molecular flexibility index (Phi) is 3.77. The maximum absolute atomic E-state index is 12.2. The van der Waals surface area contributed by atoms with E-state index in [0.29, 0.717) is 11.3 Å². The van der Waals surface area contributed by atoms with E-state index in [-0.39, 0.29) is 4.90 Å². The Morgan fingerprint density at radius 3 is 2.05 bits per heavy atom. The van der Waals surface area contributed by atoms with Crippen LogP contribution < -0.4 is 4.72 Å². The monoisotopic (exact) mass is 286 g/mol. The molecule has 1 N–H and O–H groups in total. The number of nitriles is 1. The summed E-state index contributed by atoms with van der Waals surface area (Å²) >= 11 is 0. The van der Waals surface area contributed by atoms with Crippen molar-refractivity contribution in [3.05, 3.63) is 59.2 Å². The van der Waals surface area contributed by atoms with E-state index in [1.165, 1.54) is 24.3 Å². The average molecular weight is 286 g/mol. The van der Waals surface area contributed by atoms with Crippen molar-refractivity contribution < 1.29 is 8.42 Å². The Balaban J connectivity index is 2.33. The van der Waals surface area contributed by atoms with E-state index in [1.807, 2.05) is 26.0 Å². The molecule has 0 aliphatic heterocycles. The van der Waals surface area contributed by atoms with Crippen LogP contribution in [0.2, 0.25) is 0 Å². The molecule has 0 bridgehead atoms. The van der Waals surface area contributed by atoms with Gasteiger partial charge in [-0.3, -0.25) is 4.72 Å². The molecule has 5 heteroatoms. The quantitative estimate of drug-likeness (QED) is 0.943. The van der Waals surface area contributed by atoms with Crippen LogP contribution in [0.5, 0.6) is 0 Å². The largest absolute Gasteiger partial charge is 0.280 e. The summed E-state index contributed by atoms with van der Waals surface area (Å²) in [5.41, 5.74) is 2.94. The van der Waals surface area contributed by atoms with Gasteiger partial charge in [-0.25, -0.2) is 8.42 Å². The fraction of sp³-hybridized carbons (Fsp3) is 0.133. The highest BCUT2D eigenvalue weighted by Crippen LogP contribution is 2.19. The third kappa shape index (κ3) is 3.16. The summed E-state index contributed by atoms with van der Waals surface area (Å²) in [6.45, 7) is 3.82. The van der Waals surface area contributed by atoms with Gasteiger partial charge < -0.3 is 0 Å². The Morgan fingerprint density at radius 1 is 1.00 bits per heavy atom. The Labute approximate surface area is 118 Å². The molecule has 0 atom stereocenters. The third-order valence-corrected chi connectivity index (χ3v) is 4.16. The molecule has 0 saturated carbocycles. The summed E-state index contributed by atoms with van der Waals surface area (Å²) in [7, 11) is -3.63. The first-order valence-electron chi connectivity index (χ1n) is 6.02. The van der Waals surface area contributed by atoms with Crippen LogP contribution in [0.1, 0.15) is 16.7 Å². The van der Waals surface area contributed by atoms with Crippen LogP contribution in [0.15, 0.2) is 47.4 Å². The van der Waals surface area contributed by atoms with E-state index in [2.05, 4.69) is 4.72 Å². The van der Waals surface area contributed by atoms with Gasteiger partial charge in [0, 0.05) is 5.69 Å². The van der Waals surface area contributed by atoms with Crippen molar-refractivity contribution in [2.75, 3.05) is 4.72 Å². The van der Waals surface area contributed by atoms with Crippen molar-refractivity contribution in [3.63, 3.8) is 0 Å². The van der Waals surface area contributed by atoms with Gasteiger partial charge >= 0.3 is 0 Å². The number of benzene rings is 2. The fourth-order valence-electron chi connectivity index (χ4n) is 1.96. The van der Waals surface area contributed by atoms with Gasteiger partial charge in [-0.2, -0.15) is 5.26 Å². The highest BCUT2D eigenvalue weighted by atomic mass is 32.2. The Hall–Kier alpha value is -2.32. The molecule has 2 aromatic rings. The Morgan fingerprint density at radius 2 is 1.55 bits per heavy atom. The topological polar surface area (TPSA) is 70.0 Å². The van der Waals surface area contributed by atoms with Crippen molar-refractivity contribution in [1.82, 2.24) is 0 Å². The highest BCUT2D eigenvalue weighted by molar-refractivity contribution is 7.92. The first-order valence-corrected chi connectivity index (χ1v) is 7.50. The second-order valence-electron chi connectivity index (χ2n) is 4.62. The lowest BCUT2D eigenvalue weighted by atomic mass is 10.1. The zero-order valence-electron chi connectivity index (χ0n) is 11.2. The number of nitrogens with zero attached hydrogens (tertiary/aromatic N) is 1. The lowest BCUT2D eigenvalue weighted by molar-refractivity contribution is 0.601. The molecule has 0 aliphatic carbocycles. The molecule has 2 aromatic carbocycles. The molecule has 20 heavy (non-hydrogen) atoms. The summed E-state index contributed by atoms with van der Waals surface area (Å²) in [5.74, 6) is 0. The van der Waals surface area contributed by atoms with E-state index in [4.69, 9.17) is 5.26 Å². The number of aryl methyl sites for hydroxylation is 2. The van der Waals surface area contributed by atoms with Gasteiger partial charge in [0.25, 0.3) is 10.0 Å². The maximum atomic E-state index is 12.2. The molecule has 2 rings (SSSR count). The fourth-order valence-corrected chi connectivity index (χ4v) is 3.00. The molecule has 0 fully saturated rings. The minimum absolute atomic E-state index is 0.135. The van der Waals surface area contributed by atoms with Crippen molar-refractivity contribution >= 4 is 15.7 Å². The molecule has 0 saturated heterocycles. The van der Waals surface area contributed by atoms with Crippen LogP contribution in [0.25, 0.3) is 0 Å². The summed E-state index contributed by atoms with van der Waals surface area (Å²) < 4.78 is 27.0. The number of anilines is 1. The van der Waals surface area contributed by atoms with Gasteiger partial charge in [-0.15, -0.1) is 0 Å². The van der Waals surface area contributed by atoms with Crippen LogP contribution in [0.4, 0.5) is 5.69 Å². The van der Waals surface area contributed by atoms with Crippen LogP contribution in [-0.4, -0.2) is 8.42 Å². The van der Waals surface area contributed by atoms with Crippen molar-refractivity contribution in [3.8, 4) is 6.07 Å². The smallest absolute Gasteiger partial charge is 0.261 e. The van der Waals surface area contributed by atoms with Crippen molar-refractivity contribution in [2.24, 2.45) is 0 Å². The summed E-state index contributed by atoms with van der Waals surface area (Å²) in [6.07, 6.45) is 0. The summed E-state index contributed by atoms with van der Waals surface area (Å²) in [4.78, 5) is 0.135. The molecular formula is C15H14N2O2S. The second-order valence-corrected chi connectivity index (χ2v) is 6.30. The standard InChI is InChI=1S/C15H14N2O2S/c1-11-7-12(2)9-14(8-11)17-20(18,19)15-5-3-13(10-16)4-6-15/h3-9,17H,1-2H3. The molecule has 0 radical (unpaired) electrons. The molecule has 0 unspecified atom stereocenters. The van der Waals surface area contributed by atoms with E-state index in [1.54, 1.807) is 12.1 Å². The van der Waals surface area contributed by atoms with Gasteiger partial charge in [0.15, 0.2) is 0 Å². The minimum Gasteiger partial charge on any atom is -0.280 e. The van der Waals surface area contributed by atoms with E-state index < -0.39 is 10.0 Å². The number of hydrogen-bond donors (Lipinski definition) is 1. The molecule has 0 heterocycles. The van der Waals surface area contributed by atoms with E-state index in [9.17, 15) is 8.42 Å². The Bertz CT molecular complexity index is 752.